The van der Waals surface area contributed by atoms with Gasteiger partial charge in [-0.3, -0.25) is 14.5 Å². The molecule has 2 aromatic rings. The normalized spacial score (nSPS) is 21.6. The van der Waals surface area contributed by atoms with E-state index in [9.17, 15) is 14.0 Å². The molecule has 2 fully saturated rings. The number of pyridine rings is 1. The largest absolute Gasteiger partial charge is 0.488 e. The van der Waals surface area contributed by atoms with Crippen molar-refractivity contribution in [1.29, 1.82) is 0 Å². The molecule has 4 N–H and O–H groups in total. The number of likely N-dealkylation sites (N-methyl/N-ethyl adjacent to an activating group) is 1. The molecule has 0 spiro atoms. The number of carbonyl (C=O) groups excluding carboxylic acids is 2. The molecular weight excluding hydrogens is 544 g/mol. The van der Waals surface area contributed by atoms with Crippen LogP contribution in [0.4, 0.5) is 25.2 Å². The van der Waals surface area contributed by atoms with E-state index < -0.39 is 23.3 Å². The summed E-state index contributed by atoms with van der Waals surface area (Å²) in [5.74, 6) is -0.316. The predicted molar refractivity (Wildman–Crippen MR) is 141 cm³/mol. The minimum atomic E-state index is -0.524. The van der Waals surface area contributed by atoms with Crippen molar-refractivity contribution in [2.45, 2.75) is 49.8 Å². The molecule has 1 aromatic heterocycles. The van der Waals surface area contributed by atoms with Crippen LogP contribution in [0.25, 0.3) is 0 Å². The Morgan fingerprint density at radius 2 is 2.02 bits per heavy atom. The number of hydrogen-bond acceptors (Lipinski definition) is 9. The van der Waals surface area contributed by atoms with E-state index in [1.54, 1.807) is 12.1 Å². The first-order valence-corrected chi connectivity index (χ1v) is 13.2. The number of anilines is 2. The van der Waals surface area contributed by atoms with E-state index in [4.69, 9.17) is 29.8 Å². The molecule has 2 unspecified atom stereocenters. The summed E-state index contributed by atoms with van der Waals surface area (Å²) in [6.45, 7) is 0.704. The van der Waals surface area contributed by atoms with E-state index in [1.165, 1.54) is 4.90 Å². The lowest BCUT2D eigenvalue weighted by atomic mass is 10.1. The van der Waals surface area contributed by atoms with Crippen molar-refractivity contribution in [2.24, 2.45) is 5.73 Å². The maximum absolute atomic E-state index is 15.1. The van der Waals surface area contributed by atoms with Crippen molar-refractivity contribution in [3.63, 3.8) is 0 Å². The van der Waals surface area contributed by atoms with Gasteiger partial charge in [0.25, 0.3) is 12.4 Å². The second-order valence-corrected chi connectivity index (χ2v) is 10.7. The highest BCUT2D eigenvalue weighted by Gasteiger charge is 2.40. The van der Waals surface area contributed by atoms with Crippen LogP contribution in [0.5, 0.6) is 11.5 Å². The lowest BCUT2D eigenvalue weighted by Crippen LogP contribution is -2.35. The predicted octanol–water partition coefficient (Wildman–Crippen LogP) is 2.08. The Labute approximate surface area is 234 Å². The fourth-order valence-electron chi connectivity index (χ4n) is 5.10. The average molecular weight is 576 g/mol. The molecule has 14 heteroatoms. The van der Waals surface area contributed by atoms with E-state index in [-0.39, 0.29) is 49.3 Å². The number of carboxylic acid groups (broad SMARTS) is 1. The molecule has 0 radical (unpaired) electrons. The number of hydrogen-bond donors (Lipinski definition) is 3. The molecule has 2 aliphatic carbocycles. The van der Waals surface area contributed by atoms with Crippen LogP contribution < -0.4 is 25.4 Å². The number of nitrogens with one attached hydrogen (secondary N) is 1. The fourth-order valence-corrected chi connectivity index (χ4v) is 5.10. The lowest BCUT2D eigenvalue weighted by Gasteiger charge is -2.25. The quantitative estimate of drug-likeness (QED) is 0.398. The Bertz CT molecular complexity index is 1360. The highest BCUT2D eigenvalue weighted by atomic mass is 19.1. The summed E-state index contributed by atoms with van der Waals surface area (Å²) < 4.78 is 46.3. The van der Waals surface area contributed by atoms with Crippen LogP contribution in [0.1, 0.15) is 30.4 Å². The Morgan fingerprint density at radius 1 is 1.29 bits per heavy atom. The van der Waals surface area contributed by atoms with E-state index in [1.807, 2.05) is 11.9 Å². The smallest absolute Gasteiger partial charge is 0.415 e. The highest BCUT2D eigenvalue weighted by Crippen LogP contribution is 2.37. The van der Waals surface area contributed by atoms with Gasteiger partial charge in [-0.15, -0.1) is 0 Å². The van der Waals surface area contributed by atoms with Gasteiger partial charge in [0.2, 0.25) is 0 Å². The van der Waals surface area contributed by atoms with Gasteiger partial charge in [0.1, 0.15) is 24.3 Å². The number of halogens is 2. The number of aromatic nitrogens is 1. The number of nitrogens with two attached hydrogens (primary N) is 1. The first-order chi connectivity index (χ1) is 19.6. The number of amides is 2. The molecule has 1 saturated carbocycles. The van der Waals surface area contributed by atoms with E-state index in [0.717, 1.165) is 18.9 Å². The zero-order chi connectivity index (χ0) is 29.3. The first kappa shape index (κ1) is 28.5. The molecule has 1 saturated heterocycles. The third-order valence-corrected chi connectivity index (χ3v) is 7.72. The third-order valence-electron chi connectivity index (χ3n) is 7.72. The summed E-state index contributed by atoms with van der Waals surface area (Å²) in [6, 6.07) is 4.33. The van der Waals surface area contributed by atoms with Crippen LogP contribution >= 0.6 is 0 Å². The Kier molecular flexibility index (Phi) is 7.95. The SMILES string of the molecule is CN(CCC1CN(c2ccc3c(n2)NC(=O)CO3)C(=O)O1)C1Cc2c(F)cc(OCC3(N)CC3)c(F)c2C1.O=CO. The number of rotatable bonds is 8. The molecule has 0 bridgehead atoms. The standard InChI is InChI=1S/C26H29F2N5O5.CH2O2/c1-32(14-8-16-17(9-14)23(28)20(10-18(16)27)37-13-26(29)5-6-26)7-4-15-11-33(25(35)38-15)21-3-2-19-24(30-21)31-22(34)12-36-19;2-1-3/h2-3,10,14-15H,4-9,11-13,29H2,1H3,(H,30,31,34);1H,(H,2,3). The lowest BCUT2D eigenvalue weighted by molar-refractivity contribution is -0.123. The number of ether oxygens (including phenoxy) is 3. The van der Waals surface area contributed by atoms with Gasteiger partial charge < -0.3 is 35.3 Å². The maximum Gasteiger partial charge on any atom is 0.415 e. The van der Waals surface area contributed by atoms with E-state index in [2.05, 4.69) is 10.3 Å². The number of cyclic esters (lactones) is 1. The zero-order valence-electron chi connectivity index (χ0n) is 22.4. The van der Waals surface area contributed by atoms with Crippen LogP contribution in [0.3, 0.4) is 0 Å². The number of benzene rings is 1. The second kappa shape index (κ2) is 11.4. The van der Waals surface area contributed by atoms with Gasteiger partial charge in [0.15, 0.2) is 29.7 Å². The topological polar surface area (TPSA) is 157 Å². The summed E-state index contributed by atoms with van der Waals surface area (Å²) >= 11 is 0. The van der Waals surface area contributed by atoms with Gasteiger partial charge in [-0.05, 0) is 62.4 Å². The Balaban J connectivity index is 0.00000108. The summed E-state index contributed by atoms with van der Waals surface area (Å²) in [4.78, 5) is 40.3. The molecule has 41 heavy (non-hydrogen) atoms. The van der Waals surface area contributed by atoms with Gasteiger partial charge in [0, 0.05) is 18.7 Å². The van der Waals surface area contributed by atoms with Crippen LogP contribution in [0.2, 0.25) is 0 Å². The minimum absolute atomic E-state index is 0.0788. The van der Waals surface area contributed by atoms with Gasteiger partial charge in [-0.25, -0.2) is 18.6 Å². The molecule has 12 nitrogen and oxygen atoms in total. The molecule has 1 aromatic carbocycles. The van der Waals surface area contributed by atoms with Crippen LogP contribution in [0, 0.1) is 11.6 Å². The fraction of sp³-hybridized carbons (Fsp3) is 0.481. The molecule has 2 atom stereocenters. The summed E-state index contributed by atoms with van der Waals surface area (Å²) in [7, 11) is 1.90. The Hall–Kier alpha value is -4.04. The zero-order valence-corrected chi connectivity index (χ0v) is 22.4. The molecule has 6 rings (SSSR count). The van der Waals surface area contributed by atoms with Gasteiger partial charge in [0.05, 0.1) is 12.1 Å². The van der Waals surface area contributed by atoms with Crippen molar-refractivity contribution in [3.8, 4) is 11.5 Å². The summed E-state index contributed by atoms with van der Waals surface area (Å²) in [5.41, 5.74) is 6.33. The average Bonchev–Trinajstić information content (AvgIpc) is 3.33. The van der Waals surface area contributed by atoms with E-state index >= 15 is 4.39 Å². The van der Waals surface area contributed by atoms with Gasteiger partial charge in [-0.2, -0.15) is 0 Å². The molecule has 2 aliphatic heterocycles. The highest BCUT2D eigenvalue weighted by molar-refractivity contribution is 5.95. The van der Waals surface area contributed by atoms with Crippen molar-refractivity contribution >= 4 is 30.1 Å². The Morgan fingerprint density at radius 3 is 2.76 bits per heavy atom. The molecule has 2 amide bonds. The molecular formula is C27H31F2N5O7. The summed E-state index contributed by atoms with van der Waals surface area (Å²) in [6.07, 6.45) is 2.02. The van der Waals surface area contributed by atoms with Crippen molar-refractivity contribution in [3.05, 3.63) is 41.0 Å². The molecule has 4 aliphatic rings. The van der Waals surface area contributed by atoms with Gasteiger partial charge in [-0.1, -0.05) is 0 Å². The van der Waals surface area contributed by atoms with Gasteiger partial charge >= 0.3 is 6.09 Å². The maximum atomic E-state index is 15.1. The monoisotopic (exact) mass is 575 g/mol. The second-order valence-electron chi connectivity index (χ2n) is 10.7. The number of nitrogens with zero attached hydrogens (tertiary/aromatic N) is 3. The summed E-state index contributed by atoms with van der Waals surface area (Å²) in [5, 5.41) is 9.52. The van der Waals surface area contributed by atoms with Crippen LogP contribution in [-0.4, -0.2) is 84.5 Å². The third kappa shape index (κ3) is 6.17. The molecule has 3 heterocycles. The number of fused-ring (bicyclic) bond motifs is 2. The molecule has 220 valence electrons. The van der Waals surface area contributed by atoms with Crippen molar-refractivity contribution in [1.82, 2.24) is 9.88 Å². The minimum Gasteiger partial charge on any atom is -0.488 e. The first-order valence-electron chi connectivity index (χ1n) is 13.2. The van der Waals surface area contributed by atoms with Crippen molar-refractivity contribution in [2.75, 3.05) is 43.6 Å². The number of carbonyl (C=O) groups is 3. The van der Waals surface area contributed by atoms with Crippen LogP contribution in [-0.2, 0) is 27.2 Å². The van der Waals surface area contributed by atoms with Crippen molar-refractivity contribution < 1.29 is 42.5 Å². The van der Waals surface area contributed by atoms with Crippen LogP contribution in [0.15, 0.2) is 18.2 Å². The van der Waals surface area contributed by atoms with E-state index in [0.29, 0.717) is 55.0 Å².